The fraction of sp³-hybridized carbons (Fsp3) is 0.158. The van der Waals surface area contributed by atoms with E-state index in [1.807, 2.05) is 48.1 Å². The second-order valence-corrected chi connectivity index (χ2v) is 11.4. The number of hydrogen-bond donors (Lipinski definition) is 0. The topological polar surface area (TPSA) is 44.9 Å². The van der Waals surface area contributed by atoms with Crippen LogP contribution in [0.5, 0.6) is 11.5 Å². The van der Waals surface area contributed by atoms with Crippen molar-refractivity contribution in [3.63, 3.8) is 0 Å². The van der Waals surface area contributed by atoms with Crippen LogP contribution in [0.1, 0.15) is 42.3 Å². The Kier molecular flexibility index (Phi) is 8.00. The van der Waals surface area contributed by atoms with E-state index in [1.165, 1.54) is 16.5 Å². The molecule has 4 aromatic carbocycles. The van der Waals surface area contributed by atoms with Crippen LogP contribution in [0.3, 0.4) is 0 Å². The molecule has 0 saturated heterocycles. The van der Waals surface area contributed by atoms with E-state index in [0.29, 0.717) is 17.4 Å². The molecule has 0 spiro atoms. The molecule has 0 amide bonds. The summed E-state index contributed by atoms with van der Waals surface area (Å²) < 4.78 is 10.5. The molecular weight excluding hydrogens is 724 g/mol. The summed E-state index contributed by atoms with van der Waals surface area (Å²) in [5.41, 5.74) is 9.60. The van der Waals surface area contributed by atoms with Gasteiger partial charge in [-0.1, -0.05) is 67.4 Å². The minimum Gasteiger partial charge on any atom is -0.509 e. The molecule has 0 saturated carbocycles. The van der Waals surface area contributed by atoms with E-state index in [9.17, 15) is 0 Å². The van der Waals surface area contributed by atoms with E-state index < -0.39 is 0 Å². The number of hydrogen-bond acceptors (Lipinski definition) is 3. The molecule has 3 heterocycles. The quantitative estimate of drug-likeness (QED) is 0.159. The average molecular weight is 756 g/mol. The smallest absolute Gasteiger partial charge is 0.509 e. The van der Waals surface area contributed by atoms with Crippen molar-refractivity contribution in [3.05, 3.63) is 132 Å². The van der Waals surface area contributed by atoms with Crippen LogP contribution in [0.25, 0.3) is 44.4 Å². The van der Waals surface area contributed by atoms with Gasteiger partial charge in [-0.3, -0.25) is 4.68 Å². The van der Waals surface area contributed by atoms with Crippen LogP contribution < -0.4 is 4.74 Å². The van der Waals surface area contributed by atoms with Gasteiger partial charge in [0.2, 0.25) is 0 Å². The SMILES string of the molecule is Cc1ccc2c(c1)c1ccc(Oc3[c-]c(-n4nc(C)c(-c5ccccc5)c4C)ccc3)[c-]c1n2-c1cc(C(C)C)ccn1.[Pt+2]. The number of ether oxygens (including phenoxy) is 1. The number of fused-ring (bicyclic) bond motifs is 3. The molecule has 0 fully saturated rings. The molecule has 0 aliphatic heterocycles. The second-order valence-electron chi connectivity index (χ2n) is 11.4. The summed E-state index contributed by atoms with van der Waals surface area (Å²) in [6.07, 6.45) is 1.89. The molecule has 7 rings (SSSR count). The first kappa shape index (κ1) is 29.6. The summed E-state index contributed by atoms with van der Waals surface area (Å²) in [5.74, 6) is 2.48. The summed E-state index contributed by atoms with van der Waals surface area (Å²) >= 11 is 0. The average Bonchev–Trinajstić information content (AvgIpc) is 3.50. The molecule has 3 aromatic heterocycles. The van der Waals surface area contributed by atoms with Crippen LogP contribution in [0, 0.1) is 32.9 Å². The van der Waals surface area contributed by atoms with Gasteiger partial charge < -0.3 is 9.30 Å². The number of benzene rings is 4. The van der Waals surface area contributed by atoms with Crippen LogP contribution in [0.15, 0.2) is 97.2 Å². The van der Waals surface area contributed by atoms with Gasteiger partial charge in [0.15, 0.2) is 0 Å². The first-order chi connectivity index (χ1) is 20.9. The Morgan fingerprint density at radius 2 is 1.57 bits per heavy atom. The van der Waals surface area contributed by atoms with Crippen molar-refractivity contribution in [2.45, 2.75) is 40.5 Å². The van der Waals surface area contributed by atoms with Crippen molar-refractivity contribution in [2.24, 2.45) is 0 Å². The summed E-state index contributed by atoms with van der Waals surface area (Å²) in [5, 5.41) is 7.13. The molecule has 0 N–H and O–H groups in total. The minimum absolute atomic E-state index is 0. The molecule has 44 heavy (non-hydrogen) atoms. The van der Waals surface area contributed by atoms with Crippen molar-refractivity contribution in [3.8, 4) is 34.1 Å². The summed E-state index contributed by atoms with van der Waals surface area (Å²) in [7, 11) is 0. The second kappa shape index (κ2) is 11.9. The normalized spacial score (nSPS) is 11.3. The number of pyridine rings is 1. The van der Waals surface area contributed by atoms with Gasteiger partial charge in [-0.05, 0) is 67.1 Å². The van der Waals surface area contributed by atoms with Gasteiger partial charge in [0.05, 0.1) is 5.69 Å². The molecule has 0 unspecified atom stereocenters. The van der Waals surface area contributed by atoms with Crippen LogP contribution >= 0.6 is 0 Å². The largest absolute Gasteiger partial charge is 2.00 e. The Morgan fingerprint density at radius 3 is 2.36 bits per heavy atom. The van der Waals surface area contributed by atoms with E-state index in [1.54, 1.807) is 0 Å². The molecule has 5 nitrogen and oxygen atoms in total. The van der Waals surface area contributed by atoms with Gasteiger partial charge in [-0.2, -0.15) is 17.2 Å². The monoisotopic (exact) mass is 755 g/mol. The fourth-order valence-electron chi connectivity index (χ4n) is 5.89. The number of aromatic nitrogens is 4. The molecular formula is C38H32N4OPt. The Morgan fingerprint density at radius 1 is 0.773 bits per heavy atom. The molecule has 0 radical (unpaired) electrons. The summed E-state index contributed by atoms with van der Waals surface area (Å²) in [4.78, 5) is 4.77. The van der Waals surface area contributed by atoms with Gasteiger partial charge in [-0.15, -0.1) is 35.7 Å². The predicted octanol–water partition coefficient (Wildman–Crippen LogP) is 9.47. The van der Waals surface area contributed by atoms with Gasteiger partial charge in [0.25, 0.3) is 0 Å². The maximum absolute atomic E-state index is 6.40. The van der Waals surface area contributed by atoms with Crippen LogP contribution in [0.4, 0.5) is 0 Å². The summed E-state index contributed by atoms with van der Waals surface area (Å²) in [6.45, 7) is 10.7. The Bertz CT molecular complexity index is 2120. The summed E-state index contributed by atoms with van der Waals surface area (Å²) in [6, 6.07) is 38.1. The first-order valence-electron chi connectivity index (χ1n) is 14.6. The number of nitrogens with zero attached hydrogens (tertiary/aromatic N) is 4. The van der Waals surface area contributed by atoms with Gasteiger partial charge in [0.1, 0.15) is 5.82 Å². The zero-order chi connectivity index (χ0) is 29.7. The molecule has 6 heteroatoms. The minimum atomic E-state index is 0. The molecule has 0 atom stereocenters. The first-order valence-corrected chi connectivity index (χ1v) is 14.6. The number of rotatable bonds is 6. The van der Waals surface area contributed by atoms with Gasteiger partial charge in [0, 0.05) is 34.5 Å². The van der Waals surface area contributed by atoms with Crippen molar-refractivity contribution in [1.29, 1.82) is 0 Å². The van der Waals surface area contributed by atoms with Crippen molar-refractivity contribution >= 4 is 21.8 Å². The van der Waals surface area contributed by atoms with Crippen LogP contribution in [-0.2, 0) is 21.1 Å². The van der Waals surface area contributed by atoms with E-state index in [-0.39, 0.29) is 21.1 Å². The predicted molar refractivity (Wildman–Crippen MR) is 174 cm³/mol. The van der Waals surface area contributed by atoms with E-state index >= 15 is 0 Å². The number of aryl methyl sites for hydroxylation is 2. The fourth-order valence-corrected chi connectivity index (χ4v) is 5.89. The van der Waals surface area contributed by atoms with Crippen LogP contribution in [0.2, 0.25) is 0 Å². The Labute approximate surface area is 272 Å². The van der Waals surface area contributed by atoms with Gasteiger partial charge in [-0.25, -0.2) is 4.98 Å². The van der Waals surface area contributed by atoms with Crippen molar-refractivity contribution < 1.29 is 25.8 Å². The molecule has 0 aliphatic carbocycles. The van der Waals surface area contributed by atoms with Crippen molar-refractivity contribution in [1.82, 2.24) is 19.3 Å². The van der Waals surface area contributed by atoms with E-state index in [2.05, 4.69) is 105 Å². The molecule has 0 bridgehead atoms. The van der Waals surface area contributed by atoms with Crippen LogP contribution in [-0.4, -0.2) is 19.3 Å². The third kappa shape index (κ3) is 5.26. The molecule has 220 valence electrons. The third-order valence-corrected chi connectivity index (χ3v) is 8.02. The maximum Gasteiger partial charge on any atom is 2.00 e. The van der Waals surface area contributed by atoms with Crippen molar-refractivity contribution in [2.75, 3.05) is 0 Å². The third-order valence-electron chi connectivity index (χ3n) is 8.02. The standard InChI is InChI=1S/C38H32N4O.Pt/c1-24(2)29-18-19-39-37(21-29)41-35-17-14-25(3)20-34(35)33-16-15-32(23-36(33)41)43-31-13-9-12-30(22-31)42-27(5)38(26(4)40-42)28-10-7-6-8-11-28;/h6-21,24H,1-5H3;/q-2;+2. The Balaban J connectivity index is 0.00000343. The maximum atomic E-state index is 6.40. The van der Waals surface area contributed by atoms with Gasteiger partial charge >= 0.3 is 21.1 Å². The van der Waals surface area contributed by atoms with E-state index in [0.717, 1.165) is 50.4 Å². The zero-order valence-corrected chi connectivity index (χ0v) is 27.6. The zero-order valence-electron chi connectivity index (χ0n) is 25.3. The molecule has 0 aliphatic rings. The van der Waals surface area contributed by atoms with E-state index in [4.69, 9.17) is 14.8 Å². The Hall–Kier alpha value is -4.47. The molecule has 7 aromatic rings.